The number of pyridine rings is 1. The van der Waals surface area contributed by atoms with E-state index in [1.54, 1.807) is 0 Å². The van der Waals surface area contributed by atoms with Crippen molar-refractivity contribution in [3.8, 4) is 5.88 Å². The van der Waals surface area contributed by atoms with E-state index in [-0.39, 0.29) is 34.7 Å². The fourth-order valence-electron chi connectivity index (χ4n) is 2.55. The maximum absolute atomic E-state index is 13.0. The summed E-state index contributed by atoms with van der Waals surface area (Å²) in [5.41, 5.74) is 3.98. The van der Waals surface area contributed by atoms with Gasteiger partial charge in [0.15, 0.2) is 6.61 Å². The minimum Gasteiger partial charge on any atom is -0.471 e. The molecule has 2 amide bonds. The number of rotatable bonds is 8. The quantitative estimate of drug-likeness (QED) is 0.284. The second-order valence-corrected chi connectivity index (χ2v) is 6.99. The number of allylic oxidation sites excluding steroid dienone is 2. The van der Waals surface area contributed by atoms with Gasteiger partial charge in [-0.25, -0.2) is 18.6 Å². The molecule has 0 radical (unpaired) electrons. The summed E-state index contributed by atoms with van der Waals surface area (Å²) in [7, 11) is 1.28. The Bertz CT molecular complexity index is 1090. The van der Waals surface area contributed by atoms with Crippen LogP contribution in [0.25, 0.3) is 5.57 Å². The lowest BCUT2D eigenvalue weighted by atomic mass is 10.1. The number of hydrogen-bond donors (Lipinski definition) is 3. The lowest BCUT2D eigenvalue weighted by Crippen LogP contribution is -2.29. The van der Waals surface area contributed by atoms with Gasteiger partial charge >= 0.3 is 12.2 Å². The summed E-state index contributed by atoms with van der Waals surface area (Å²) >= 11 is 5.79. The summed E-state index contributed by atoms with van der Waals surface area (Å²) in [5, 5.41) is 12.4. The Labute approximate surface area is 195 Å². The predicted molar refractivity (Wildman–Crippen MR) is 115 cm³/mol. The van der Waals surface area contributed by atoms with Gasteiger partial charge in [0.05, 0.1) is 23.6 Å². The highest BCUT2D eigenvalue weighted by atomic mass is 35.5. The first kappa shape index (κ1) is 26.7. The van der Waals surface area contributed by atoms with Gasteiger partial charge in [0.25, 0.3) is 6.43 Å². The average molecular weight is 508 g/mol. The minimum absolute atomic E-state index is 0.100. The van der Waals surface area contributed by atoms with Gasteiger partial charge in [-0.3, -0.25) is 4.99 Å². The number of hydrogen-bond acceptors (Lipinski definition) is 7. The molecular weight excluding hydrogens is 489 g/mol. The molecule has 0 spiro atoms. The first-order chi connectivity index (χ1) is 15.9. The van der Waals surface area contributed by atoms with Crippen LogP contribution >= 0.6 is 11.6 Å². The fraction of sp³-hybridized carbons (Fsp3) is 0.316. The molecular formula is C19H19ClF5N7O2. The van der Waals surface area contributed by atoms with Crippen molar-refractivity contribution >= 4 is 35.1 Å². The highest BCUT2D eigenvalue weighted by Crippen LogP contribution is 2.28. The molecule has 2 aromatic rings. The molecule has 184 valence electrons. The van der Waals surface area contributed by atoms with Gasteiger partial charge in [-0.2, -0.15) is 18.3 Å². The van der Waals surface area contributed by atoms with Gasteiger partial charge in [0, 0.05) is 24.9 Å². The summed E-state index contributed by atoms with van der Waals surface area (Å²) < 4.78 is 68.4. The van der Waals surface area contributed by atoms with E-state index < -0.39 is 36.5 Å². The number of aromatic nitrogens is 3. The first-order valence-corrected chi connectivity index (χ1v) is 9.74. The number of carbonyl (C=O) groups is 1. The van der Waals surface area contributed by atoms with E-state index >= 15 is 0 Å². The number of ether oxygens (including phenoxy) is 1. The number of amides is 2. The Balaban J connectivity index is 2.09. The summed E-state index contributed by atoms with van der Waals surface area (Å²) in [4.78, 5) is 19.5. The Hall–Kier alpha value is -3.55. The van der Waals surface area contributed by atoms with Gasteiger partial charge in [-0.05, 0) is 24.6 Å². The van der Waals surface area contributed by atoms with Crippen molar-refractivity contribution < 1.29 is 31.5 Å². The zero-order chi connectivity index (χ0) is 25.5. The third-order valence-electron chi connectivity index (χ3n) is 3.96. The summed E-state index contributed by atoms with van der Waals surface area (Å²) in [6, 6.07) is 3.17. The SMILES string of the molecule is CN=CC(=C(N)C(F)(F)F)c1nnc(CNC(=O)Nc2cc(Cl)nc(OCC(F)F)c2)cc1C. The molecule has 2 rings (SSSR count). The smallest absolute Gasteiger partial charge is 0.431 e. The maximum Gasteiger partial charge on any atom is 0.431 e. The first-order valence-electron chi connectivity index (χ1n) is 9.36. The molecule has 34 heavy (non-hydrogen) atoms. The van der Waals surface area contributed by atoms with Crippen LogP contribution in [0, 0.1) is 6.92 Å². The molecule has 9 nitrogen and oxygen atoms in total. The minimum atomic E-state index is -4.79. The summed E-state index contributed by atoms with van der Waals surface area (Å²) in [6.45, 7) is 0.465. The van der Waals surface area contributed by atoms with E-state index in [1.807, 2.05) is 0 Å². The molecule has 0 fully saturated rings. The molecule has 0 unspecified atom stereocenters. The number of aryl methyl sites for hydroxylation is 1. The van der Waals surface area contributed by atoms with E-state index in [0.717, 1.165) is 6.21 Å². The average Bonchev–Trinajstić information content (AvgIpc) is 2.73. The zero-order valence-corrected chi connectivity index (χ0v) is 18.5. The van der Waals surface area contributed by atoms with Crippen LogP contribution in [0.1, 0.15) is 17.0 Å². The van der Waals surface area contributed by atoms with Crippen LogP contribution in [0.5, 0.6) is 5.88 Å². The summed E-state index contributed by atoms with van der Waals surface area (Å²) in [6.07, 6.45) is -6.57. The number of aliphatic imine (C=N–C) groups is 1. The molecule has 0 aromatic carbocycles. The van der Waals surface area contributed by atoms with Gasteiger partial charge in [-0.1, -0.05) is 11.6 Å². The molecule has 0 atom stereocenters. The monoisotopic (exact) mass is 507 g/mol. The van der Waals surface area contributed by atoms with Crippen LogP contribution in [0.3, 0.4) is 0 Å². The van der Waals surface area contributed by atoms with Crippen LogP contribution in [0.15, 0.2) is 28.9 Å². The van der Waals surface area contributed by atoms with E-state index in [2.05, 4.69) is 30.8 Å². The van der Waals surface area contributed by atoms with E-state index in [4.69, 9.17) is 22.1 Å². The molecule has 0 aliphatic carbocycles. The number of halogens is 6. The lowest BCUT2D eigenvalue weighted by molar-refractivity contribution is -0.0919. The van der Waals surface area contributed by atoms with Crippen molar-refractivity contribution in [3.63, 3.8) is 0 Å². The van der Waals surface area contributed by atoms with Crippen molar-refractivity contribution in [3.05, 3.63) is 46.0 Å². The second kappa shape index (κ2) is 11.5. The lowest BCUT2D eigenvalue weighted by Gasteiger charge is -2.13. The van der Waals surface area contributed by atoms with Gasteiger partial charge in [0.2, 0.25) is 5.88 Å². The topological polar surface area (TPSA) is 127 Å². The molecule has 0 saturated heterocycles. The molecule has 0 aliphatic heterocycles. The number of nitrogens with two attached hydrogens (primary N) is 1. The summed E-state index contributed by atoms with van der Waals surface area (Å²) in [5.74, 6) is -0.210. The van der Waals surface area contributed by atoms with Crippen molar-refractivity contribution in [2.75, 3.05) is 19.0 Å². The largest absolute Gasteiger partial charge is 0.471 e. The molecule has 2 aromatic heterocycles. The Morgan fingerprint density at radius 3 is 2.59 bits per heavy atom. The van der Waals surface area contributed by atoms with Gasteiger partial charge in [-0.15, -0.1) is 5.10 Å². The third-order valence-corrected chi connectivity index (χ3v) is 4.15. The predicted octanol–water partition coefficient (Wildman–Crippen LogP) is 3.73. The van der Waals surface area contributed by atoms with Gasteiger partial charge in [0.1, 0.15) is 10.9 Å². The Kier molecular flexibility index (Phi) is 9.06. The van der Waals surface area contributed by atoms with Crippen LogP contribution < -0.4 is 21.1 Å². The number of urea groups is 1. The van der Waals surface area contributed by atoms with E-state index in [1.165, 1.54) is 32.2 Å². The number of alkyl halides is 5. The molecule has 0 saturated carbocycles. The van der Waals surface area contributed by atoms with Crippen molar-refractivity contribution in [1.82, 2.24) is 20.5 Å². The number of anilines is 1. The second-order valence-electron chi connectivity index (χ2n) is 6.61. The highest BCUT2D eigenvalue weighted by molar-refractivity contribution is 6.29. The van der Waals surface area contributed by atoms with Crippen molar-refractivity contribution in [1.29, 1.82) is 0 Å². The van der Waals surface area contributed by atoms with E-state index in [9.17, 15) is 26.7 Å². The number of nitrogens with zero attached hydrogens (tertiary/aromatic N) is 4. The third kappa shape index (κ3) is 7.79. The standard InChI is InChI=1S/C19H19ClF5N7O2/c1-9-3-11(31-32-16(9)12(7-27-2)17(26)19(23,24)25)6-28-18(33)29-10-4-13(20)30-15(5-10)34-8-14(21)22/h3-5,7,14H,6,8,26H2,1-2H3,(H2,28,29,30,33). The van der Waals surface area contributed by atoms with Crippen LogP contribution in [-0.4, -0.2) is 53.7 Å². The van der Waals surface area contributed by atoms with Crippen LogP contribution in [-0.2, 0) is 6.54 Å². The Morgan fingerprint density at radius 2 is 2.00 bits per heavy atom. The van der Waals surface area contributed by atoms with Crippen molar-refractivity contribution in [2.24, 2.45) is 10.7 Å². The van der Waals surface area contributed by atoms with E-state index in [0.29, 0.717) is 5.56 Å². The number of carbonyl (C=O) groups excluding carboxylic acids is 1. The van der Waals surface area contributed by atoms with Crippen molar-refractivity contribution in [2.45, 2.75) is 26.1 Å². The van der Waals surface area contributed by atoms with Gasteiger partial charge < -0.3 is 21.1 Å². The molecule has 15 heteroatoms. The molecule has 0 bridgehead atoms. The van der Waals surface area contributed by atoms with Crippen LogP contribution in [0.2, 0.25) is 5.15 Å². The molecule has 0 aliphatic rings. The maximum atomic E-state index is 13.0. The number of nitrogens with one attached hydrogen (secondary N) is 2. The fourth-order valence-corrected chi connectivity index (χ4v) is 2.75. The molecule has 4 N–H and O–H groups in total. The Morgan fingerprint density at radius 1 is 1.29 bits per heavy atom. The highest BCUT2D eigenvalue weighted by Gasteiger charge is 2.35. The normalized spacial score (nSPS) is 12.6. The zero-order valence-electron chi connectivity index (χ0n) is 17.8. The van der Waals surface area contributed by atoms with Crippen LogP contribution in [0.4, 0.5) is 32.4 Å². The molecule has 2 heterocycles.